The number of halogens is 1. The zero-order valence-electron chi connectivity index (χ0n) is 17.1. The SMILES string of the molecule is C[C@@H](NC(=O)COC(=O)c1ccc(S(=O)(=O)NCc2ccco2)cc1)c1ccc(F)cc1. The van der Waals surface area contributed by atoms with Crippen LogP contribution in [0.5, 0.6) is 0 Å². The molecule has 32 heavy (non-hydrogen) atoms. The van der Waals surface area contributed by atoms with Crippen LogP contribution in [0, 0.1) is 5.82 Å². The number of hydrogen-bond donors (Lipinski definition) is 2. The van der Waals surface area contributed by atoms with Crippen LogP contribution in [0.15, 0.2) is 76.2 Å². The number of carbonyl (C=O) groups excluding carboxylic acids is 2. The lowest BCUT2D eigenvalue weighted by atomic mass is 10.1. The van der Waals surface area contributed by atoms with Crippen molar-refractivity contribution in [2.24, 2.45) is 0 Å². The smallest absolute Gasteiger partial charge is 0.338 e. The highest BCUT2D eigenvalue weighted by Gasteiger charge is 2.17. The molecule has 1 heterocycles. The molecule has 0 bridgehead atoms. The summed E-state index contributed by atoms with van der Waals surface area (Å²) in [7, 11) is -3.80. The van der Waals surface area contributed by atoms with Crippen molar-refractivity contribution >= 4 is 21.9 Å². The zero-order valence-corrected chi connectivity index (χ0v) is 17.9. The third-order valence-corrected chi connectivity index (χ3v) is 5.92. The summed E-state index contributed by atoms with van der Waals surface area (Å²) in [4.78, 5) is 24.2. The third-order valence-electron chi connectivity index (χ3n) is 4.50. The highest BCUT2D eigenvalue weighted by Crippen LogP contribution is 2.14. The van der Waals surface area contributed by atoms with Gasteiger partial charge in [-0.3, -0.25) is 4.79 Å². The Balaban J connectivity index is 1.50. The van der Waals surface area contributed by atoms with E-state index in [4.69, 9.17) is 9.15 Å². The van der Waals surface area contributed by atoms with E-state index in [9.17, 15) is 22.4 Å². The average molecular weight is 460 g/mol. The molecule has 0 spiro atoms. The number of carbonyl (C=O) groups is 2. The number of ether oxygens (including phenoxy) is 1. The normalized spacial score (nSPS) is 12.2. The molecule has 0 unspecified atom stereocenters. The molecule has 1 amide bonds. The van der Waals surface area contributed by atoms with Gasteiger partial charge in [0.2, 0.25) is 10.0 Å². The summed E-state index contributed by atoms with van der Waals surface area (Å²) in [5.74, 6) is -1.23. The number of furan rings is 1. The highest BCUT2D eigenvalue weighted by atomic mass is 32.2. The molecule has 0 saturated heterocycles. The van der Waals surface area contributed by atoms with E-state index in [0.29, 0.717) is 11.3 Å². The minimum absolute atomic E-state index is 0.00934. The zero-order chi connectivity index (χ0) is 23.1. The van der Waals surface area contributed by atoms with Gasteiger partial charge in [-0.25, -0.2) is 22.3 Å². The van der Waals surface area contributed by atoms with Gasteiger partial charge in [0.15, 0.2) is 6.61 Å². The Morgan fingerprint density at radius 2 is 1.75 bits per heavy atom. The molecule has 0 saturated carbocycles. The Labute approximate surface area is 184 Å². The van der Waals surface area contributed by atoms with Gasteiger partial charge >= 0.3 is 5.97 Å². The summed E-state index contributed by atoms with van der Waals surface area (Å²) in [6.07, 6.45) is 1.44. The molecule has 168 valence electrons. The van der Waals surface area contributed by atoms with Gasteiger partial charge in [0, 0.05) is 0 Å². The molecule has 2 aromatic carbocycles. The van der Waals surface area contributed by atoms with Crippen molar-refractivity contribution in [3.05, 3.63) is 89.6 Å². The van der Waals surface area contributed by atoms with E-state index in [-0.39, 0.29) is 22.8 Å². The van der Waals surface area contributed by atoms with E-state index in [1.54, 1.807) is 31.2 Å². The van der Waals surface area contributed by atoms with E-state index >= 15 is 0 Å². The van der Waals surface area contributed by atoms with Crippen LogP contribution in [0.25, 0.3) is 0 Å². The van der Waals surface area contributed by atoms with Crippen molar-refractivity contribution in [1.82, 2.24) is 10.0 Å². The first-order valence-electron chi connectivity index (χ1n) is 9.58. The van der Waals surface area contributed by atoms with Gasteiger partial charge in [-0.1, -0.05) is 12.1 Å². The average Bonchev–Trinajstić information content (AvgIpc) is 3.30. The maximum atomic E-state index is 13.0. The predicted molar refractivity (Wildman–Crippen MR) is 112 cm³/mol. The number of esters is 1. The lowest BCUT2D eigenvalue weighted by Gasteiger charge is -2.14. The molecule has 8 nitrogen and oxygen atoms in total. The van der Waals surface area contributed by atoms with Gasteiger partial charge in [-0.2, -0.15) is 0 Å². The summed E-state index contributed by atoms with van der Waals surface area (Å²) >= 11 is 0. The fourth-order valence-electron chi connectivity index (χ4n) is 2.77. The van der Waals surface area contributed by atoms with Crippen molar-refractivity contribution in [3.8, 4) is 0 Å². The monoisotopic (exact) mass is 460 g/mol. The predicted octanol–water partition coefficient (Wildman–Crippen LogP) is 2.93. The Kier molecular flexibility index (Phi) is 7.39. The van der Waals surface area contributed by atoms with Crippen LogP contribution in [0.4, 0.5) is 4.39 Å². The standard InChI is InChI=1S/C22H21FN2O6S/c1-15(16-4-8-18(23)9-5-16)25-21(26)14-31-22(27)17-6-10-20(11-7-17)32(28,29)24-13-19-3-2-12-30-19/h2-12,15,24H,13-14H2,1H3,(H,25,26)/t15-/m1/s1. The van der Waals surface area contributed by atoms with E-state index in [2.05, 4.69) is 10.0 Å². The van der Waals surface area contributed by atoms with Crippen molar-refractivity contribution in [2.75, 3.05) is 6.61 Å². The molecule has 0 radical (unpaired) electrons. The van der Waals surface area contributed by atoms with E-state index in [1.807, 2.05) is 0 Å². The second kappa shape index (κ2) is 10.2. The first-order chi connectivity index (χ1) is 15.2. The summed E-state index contributed by atoms with van der Waals surface area (Å²) in [5.41, 5.74) is 0.790. The maximum Gasteiger partial charge on any atom is 0.338 e. The molecule has 0 fully saturated rings. The largest absolute Gasteiger partial charge is 0.468 e. The molecule has 3 aromatic rings. The number of amides is 1. The molecule has 2 N–H and O–H groups in total. The van der Waals surface area contributed by atoms with E-state index < -0.39 is 34.5 Å². The van der Waals surface area contributed by atoms with Crippen LogP contribution in [0.2, 0.25) is 0 Å². The van der Waals surface area contributed by atoms with Crippen LogP contribution in [-0.2, 0) is 26.1 Å². The molecule has 0 aliphatic carbocycles. The second-order valence-electron chi connectivity index (χ2n) is 6.85. The molecule has 0 aliphatic rings. The summed E-state index contributed by atoms with van der Waals surface area (Å²) in [5, 5.41) is 2.64. The molecular weight excluding hydrogens is 439 g/mol. The molecular formula is C22H21FN2O6S. The van der Waals surface area contributed by atoms with E-state index in [1.165, 1.54) is 42.7 Å². The number of hydrogen-bond acceptors (Lipinski definition) is 6. The van der Waals surface area contributed by atoms with Crippen LogP contribution < -0.4 is 10.0 Å². The van der Waals surface area contributed by atoms with Crippen LogP contribution in [0.3, 0.4) is 0 Å². The van der Waals surface area contributed by atoms with Crippen molar-refractivity contribution in [2.45, 2.75) is 24.4 Å². The van der Waals surface area contributed by atoms with Crippen LogP contribution in [-0.4, -0.2) is 26.9 Å². The maximum absolute atomic E-state index is 13.0. The van der Waals surface area contributed by atoms with E-state index in [0.717, 1.165) is 0 Å². The Hall–Kier alpha value is -3.50. The number of rotatable bonds is 9. The third kappa shape index (κ3) is 6.25. The minimum atomic E-state index is -3.80. The van der Waals surface area contributed by atoms with Gasteiger partial charge < -0.3 is 14.5 Å². The highest BCUT2D eigenvalue weighted by molar-refractivity contribution is 7.89. The lowest BCUT2D eigenvalue weighted by molar-refractivity contribution is -0.124. The Morgan fingerprint density at radius 3 is 2.38 bits per heavy atom. The second-order valence-corrected chi connectivity index (χ2v) is 8.61. The van der Waals surface area contributed by atoms with Gasteiger partial charge in [-0.05, 0) is 61.0 Å². The number of sulfonamides is 1. The molecule has 0 aliphatic heterocycles. The molecule has 3 rings (SSSR count). The van der Waals surface area contributed by atoms with Gasteiger partial charge in [0.05, 0.1) is 29.3 Å². The quantitative estimate of drug-likeness (QED) is 0.475. The topological polar surface area (TPSA) is 115 Å². The van der Waals surface area contributed by atoms with Crippen molar-refractivity contribution in [3.63, 3.8) is 0 Å². The van der Waals surface area contributed by atoms with Gasteiger partial charge in [0.25, 0.3) is 5.91 Å². The molecule has 10 heteroatoms. The number of nitrogens with one attached hydrogen (secondary N) is 2. The fraction of sp³-hybridized carbons (Fsp3) is 0.182. The van der Waals surface area contributed by atoms with Crippen LogP contribution in [0.1, 0.15) is 34.6 Å². The molecule has 1 aromatic heterocycles. The first kappa shape index (κ1) is 23.2. The van der Waals surface area contributed by atoms with Crippen molar-refractivity contribution in [1.29, 1.82) is 0 Å². The minimum Gasteiger partial charge on any atom is -0.468 e. The summed E-state index contributed by atoms with van der Waals surface area (Å²) < 4.78 is 50.1. The van der Waals surface area contributed by atoms with Gasteiger partial charge in [-0.15, -0.1) is 0 Å². The van der Waals surface area contributed by atoms with Gasteiger partial charge in [0.1, 0.15) is 11.6 Å². The van der Waals surface area contributed by atoms with Crippen molar-refractivity contribution < 1.29 is 31.6 Å². The number of benzene rings is 2. The van der Waals surface area contributed by atoms with Crippen LogP contribution >= 0.6 is 0 Å². The Bertz CT molecular complexity index is 1160. The lowest BCUT2D eigenvalue weighted by Crippen LogP contribution is -2.31. The first-order valence-corrected chi connectivity index (χ1v) is 11.1. The molecule has 1 atom stereocenters. The Morgan fingerprint density at radius 1 is 1.06 bits per heavy atom. The fourth-order valence-corrected chi connectivity index (χ4v) is 3.76. The summed E-state index contributed by atoms with van der Waals surface area (Å²) in [6.45, 7) is 1.19. The summed E-state index contributed by atoms with van der Waals surface area (Å²) in [6, 6.07) is 13.7.